The predicted molar refractivity (Wildman–Crippen MR) is 115 cm³/mol. The summed E-state index contributed by atoms with van der Waals surface area (Å²) in [6, 6.07) is 14.5. The third-order valence-electron chi connectivity index (χ3n) is 4.63. The lowest BCUT2D eigenvalue weighted by molar-refractivity contribution is -0.123. The maximum Gasteiger partial charge on any atom is 0.257 e. The monoisotopic (exact) mass is 447 g/mol. The summed E-state index contributed by atoms with van der Waals surface area (Å²) in [5, 5.41) is 3.45. The Labute approximate surface area is 179 Å². The molecule has 0 spiro atoms. The van der Waals surface area contributed by atoms with Crippen LogP contribution < -0.4 is 10.1 Å². The minimum Gasteiger partial charge on any atom is -0.484 e. The molecule has 1 atom stereocenters. The Morgan fingerprint density at radius 1 is 1.10 bits per heavy atom. The van der Waals surface area contributed by atoms with Gasteiger partial charge in [-0.15, -0.1) is 11.3 Å². The zero-order chi connectivity index (χ0) is 21.7. The van der Waals surface area contributed by atoms with Crippen molar-refractivity contribution in [2.24, 2.45) is 0 Å². The lowest BCUT2D eigenvalue weighted by atomic mass is 10.2. The smallest absolute Gasteiger partial charge is 0.257 e. The van der Waals surface area contributed by atoms with Crippen molar-refractivity contribution in [1.29, 1.82) is 0 Å². The van der Waals surface area contributed by atoms with Gasteiger partial charge in [-0.25, -0.2) is 12.8 Å². The zero-order valence-corrected chi connectivity index (χ0v) is 18.2. The van der Waals surface area contributed by atoms with Crippen LogP contribution in [0.2, 0.25) is 0 Å². The van der Waals surface area contributed by atoms with Gasteiger partial charge >= 0.3 is 0 Å². The van der Waals surface area contributed by atoms with E-state index in [4.69, 9.17) is 4.74 Å². The maximum atomic E-state index is 13.6. The molecule has 30 heavy (non-hydrogen) atoms. The molecular formula is C22H22FNO4S2. The number of aryl methyl sites for hydroxylation is 2. The molecule has 3 rings (SSSR count). The van der Waals surface area contributed by atoms with Crippen molar-refractivity contribution in [1.82, 2.24) is 5.32 Å². The quantitative estimate of drug-likeness (QED) is 0.525. The van der Waals surface area contributed by atoms with Crippen LogP contribution in [0, 0.1) is 19.7 Å². The molecule has 1 heterocycles. The maximum absolute atomic E-state index is 13.6. The van der Waals surface area contributed by atoms with Crippen molar-refractivity contribution in [3.05, 3.63) is 81.8 Å². The van der Waals surface area contributed by atoms with E-state index in [1.54, 1.807) is 23.6 Å². The van der Waals surface area contributed by atoms with Crippen LogP contribution in [-0.2, 0) is 14.6 Å². The van der Waals surface area contributed by atoms with E-state index in [0.29, 0.717) is 10.6 Å². The number of benzene rings is 2. The van der Waals surface area contributed by atoms with Gasteiger partial charge in [-0.05, 0) is 60.7 Å². The number of nitrogens with one attached hydrogen (secondary N) is 1. The van der Waals surface area contributed by atoms with Crippen LogP contribution in [0.15, 0.2) is 64.9 Å². The Balaban J connectivity index is 1.74. The van der Waals surface area contributed by atoms with Gasteiger partial charge in [0.1, 0.15) is 16.8 Å². The van der Waals surface area contributed by atoms with E-state index < -0.39 is 26.8 Å². The molecule has 0 aliphatic rings. The van der Waals surface area contributed by atoms with Crippen LogP contribution in [0.4, 0.5) is 4.39 Å². The van der Waals surface area contributed by atoms with Gasteiger partial charge in [0.2, 0.25) is 0 Å². The number of thiophene rings is 1. The van der Waals surface area contributed by atoms with E-state index >= 15 is 0 Å². The number of ether oxygens (including phenoxy) is 1. The highest BCUT2D eigenvalue weighted by atomic mass is 32.2. The lowest BCUT2D eigenvalue weighted by Gasteiger charge is -2.18. The first-order chi connectivity index (χ1) is 14.3. The molecule has 158 valence electrons. The summed E-state index contributed by atoms with van der Waals surface area (Å²) in [5.41, 5.74) is 1.15. The summed E-state index contributed by atoms with van der Waals surface area (Å²) < 4.78 is 45.6. The van der Waals surface area contributed by atoms with Crippen LogP contribution >= 0.6 is 11.3 Å². The molecular weight excluding hydrogens is 425 g/mol. The van der Waals surface area contributed by atoms with Gasteiger partial charge in [0, 0.05) is 11.4 Å². The molecule has 0 radical (unpaired) electrons. The number of hydrogen-bond donors (Lipinski definition) is 1. The standard InChI is InChI=1S/C22H22FNO4S2/c1-15-6-3-4-7-19(15)28-14-22(25)24-13-21(20-8-5-11-29-20)30(26,27)17-9-10-18(23)16(2)12-17/h3-12,21H,13-14H2,1-2H3,(H,24,25). The zero-order valence-electron chi connectivity index (χ0n) is 16.6. The molecule has 1 aromatic heterocycles. The van der Waals surface area contributed by atoms with Crippen molar-refractivity contribution >= 4 is 27.1 Å². The summed E-state index contributed by atoms with van der Waals surface area (Å²) in [6.45, 7) is 3.05. The van der Waals surface area contributed by atoms with Crippen LogP contribution in [0.3, 0.4) is 0 Å². The molecule has 0 aliphatic heterocycles. The van der Waals surface area contributed by atoms with Crippen molar-refractivity contribution in [2.75, 3.05) is 13.2 Å². The number of halogens is 1. The first-order valence-electron chi connectivity index (χ1n) is 9.27. The fourth-order valence-electron chi connectivity index (χ4n) is 2.92. The summed E-state index contributed by atoms with van der Waals surface area (Å²) in [5.74, 6) is -0.301. The molecule has 2 aromatic carbocycles. The number of rotatable bonds is 8. The van der Waals surface area contributed by atoms with Crippen molar-refractivity contribution in [2.45, 2.75) is 24.0 Å². The highest BCUT2D eigenvalue weighted by molar-refractivity contribution is 7.91. The molecule has 5 nitrogen and oxygen atoms in total. The van der Waals surface area contributed by atoms with Gasteiger partial charge < -0.3 is 10.1 Å². The highest BCUT2D eigenvalue weighted by Gasteiger charge is 2.31. The molecule has 0 saturated carbocycles. The second-order valence-corrected chi connectivity index (χ2v) is 9.93. The van der Waals surface area contributed by atoms with Crippen molar-refractivity contribution in [3.8, 4) is 5.75 Å². The van der Waals surface area contributed by atoms with Crippen molar-refractivity contribution in [3.63, 3.8) is 0 Å². The Bertz CT molecular complexity index is 1130. The van der Waals surface area contributed by atoms with Gasteiger partial charge in [0.05, 0.1) is 4.90 Å². The van der Waals surface area contributed by atoms with Crippen LogP contribution in [0.1, 0.15) is 21.3 Å². The number of carbonyl (C=O) groups is 1. The Hall–Kier alpha value is -2.71. The second kappa shape index (κ2) is 9.40. The summed E-state index contributed by atoms with van der Waals surface area (Å²) in [7, 11) is -3.84. The fraction of sp³-hybridized carbons (Fsp3) is 0.227. The van der Waals surface area contributed by atoms with E-state index in [1.807, 2.05) is 25.1 Å². The molecule has 0 saturated heterocycles. The van der Waals surface area contributed by atoms with Gasteiger partial charge in [-0.3, -0.25) is 4.79 Å². The molecule has 8 heteroatoms. The van der Waals surface area contributed by atoms with E-state index in [-0.39, 0.29) is 23.6 Å². The van der Waals surface area contributed by atoms with E-state index in [9.17, 15) is 17.6 Å². The predicted octanol–water partition coefficient (Wildman–Crippen LogP) is 4.21. The number of hydrogen-bond acceptors (Lipinski definition) is 5. The Morgan fingerprint density at radius 2 is 1.87 bits per heavy atom. The first kappa shape index (κ1) is 22.0. The molecule has 1 N–H and O–H groups in total. The largest absolute Gasteiger partial charge is 0.484 e. The third kappa shape index (κ3) is 5.06. The van der Waals surface area contributed by atoms with Gasteiger partial charge in [-0.1, -0.05) is 24.3 Å². The highest BCUT2D eigenvalue weighted by Crippen LogP contribution is 2.32. The molecule has 0 aliphatic carbocycles. The Morgan fingerprint density at radius 3 is 2.53 bits per heavy atom. The third-order valence-corrected chi connectivity index (χ3v) is 7.85. The number of sulfone groups is 1. The molecule has 0 bridgehead atoms. The molecule has 0 fully saturated rings. The summed E-state index contributed by atoms with van der Waals surface area (Å²) in [4.78, 5) is 12.9. The van der Waals surface area contributed by atoms with Gasteiger partial charge in [0.25, 0.3) is 5.91 Å². The fourth-order valence-corrected chi connectivity index (χ4v) is 5.78. The average Bonchev–Trinajstić information content (AvgIpc) is 3.23. The van der Waals surface area contributed by atoms with E-state index in [1.165, 1.54) is 30.4 Å². The lowest BCUT2D eigenvalue weighted by Crippen LogP contribution is -2.34. The van der Waals surface area contributed by atoms with E-state index in [0.717, 1.165) is 11.6 Å². The molecule has 3 aromatic rings. The first-order valence-corrected chi connectivity index (χ1v) is 11.7. The van der Waals surface area contributed by atoms with Crippen molar-refractivity contribution < 1.29 is 22.3 Å². The summed E-state index contributed by atoms with van der Waals surface area (Å²) >= 11 is 1.29. The van der Waals surface area contributed by atoms with Crippen LogP contribution in [-0.4, -0.2) is 27.5 Å². The number of amides is 1. The second-order valence-electron chi connectivity index (χ2n) is 6.82. The summed E-state index contributed by atoms with van der Waals surface area (Å²) in [6.07, 6.45) is 0. The van der Waals surface area contributed by atoms with E-state index in [2.05, 4.69) is 5.32 Å². The van der Waals surface area contributed by atoms with Gasteiger partial charge in [0.15, 0.2) is 16.4 Å². The number of para-hydroxylation sites is 1. The molecule has 1 unspecified atom stereocenters. The number of carbonyl (C=O) groups excluding carboxylic acids is 1. The van der Waals surface area contributed by atoms with Crippen LogP contribution in [0.25, 0.3) is 0 Å². The minimum atomic E-state index is -3.84. The van der Waals surface area contributed by atoms with Gasteiger partial charge in [-0.2, -0.15) is 0 Å². The minimum absolute atomic E-state index is 0.0187. The Kier molecular flexibility index (Phi) is 6.89. The SMILES string of the molecule is Cc1cc(S(=O)(=O)C(CNC(=O)COc2ccccc2C)c2cccs2)ccc1F. The topological polar surface area (TPSA) is 72.5 Å². The average molecular weight is 448 g/mol. The van der Waals surface area contributed by atoms with Crippen LogP contribution in [0.5, 0.6) is 5.75 Å². The molecule has 1 amide bonds. The normalized spacial score (nSPS) is 12.4.